The van der Waals surface area contributed by atoms with Crippen molar-refractivity contribution in [3.8, 4) is 22.5 Å². The number of ether oxygens (including phenoxy) is 1. The molecule has 46 heavy (non-hydrogen) atoms. The molecule has 1 saturated heterocycles. The number of methoxy groups -OCH3 is 1. The van der Waals surface area contributed by atoms with E-state index in [4.69, 9.17) is 9.25 Å². The summed E-state index contributed by atoms with van der Waals surface area (Å²) >= 11 is 0. The Bertz CT molecular complexity index is 1790. The molecule has 5 rings (SSSR count). The highest BCUT2D eigenvalue weighted by atomic mass is 16.7. The summed E-state index contributed by atoms with van der Waals surface area (Å²) in [7, 11) is 1.19. The average Bonchev–Trinajstić information content (AvgIpc) is 3.35. The van der Waals surface area contributed by atoms with Gasteiger partial charge in [-0.25, -0.2) is 14.4 Å². The number of hydrogen-bond acceptors (Lipinski definition) is 9. The fourth-order valence-electron chi connectivity index (χ4n) is 5.19. The molecule has 5 amide bonds. The summed E-state index contributed by atoms with van der Waals surface area (Å²) in [6, 6.07) is 18.6. The monoisotopic (exact) mass is 628 g/mol. The van der Waals surface area contributed by atoms with Crippen molar-refractivity contribution in [1.82, 2.24) is 15.7 Å². The molecule has 1 aliphatic carbocycles. The number of imide groups is 1. The van der Waals surface area contributed by atoms with Gasteiger partial charge in [0.05, 0.1) is 13.5 Å². The van der Waals surface area contributed by atoms with Gasteiger partial charge in [0.15, 0.2) is 5.43 Å². The molecule has 0 radical (unpaired) electrons. The van der Waals surface area contributed by atoms with Crippen LogP contribution in [0.1, 0.15) is 38.5 Å². The maximum Gasteiger partial charge on any atom is 0.407 e. The molecule has 0 spiro atoms. The van der Waals surface area contributed by atoms with Crippen LogP contribution in [0.15, 0.2) is 75.9 Å². The zero-order valence-corrected chi connectivity index (χ0v) is 25.0. The van der Waals surface area contributed by atoms with E-state index in [2.05, 4.69) is 20.7 Å². The van der Waals surface area contributed by atoms with E-state index in [1.54, 1.807) is 18.2 Å². The Kier molecular flexibility index (Phi) is 9.90. The predicted molar refractivity (Wildman–Crippen MR) is 167 cm³/mol. The minimum atomic E-state index is -0.839. The van der Waals surface area contributed by atoms with Crippen LogP contribution >= 0.6 is 0 Å². The van der Waals surface area contributed by atoms with Crippen LogP contribution in [0, 0.1) is 0 Å². The van der Waals surface area contributed by atoms with E-state index in [1.165, 1.54) is 19.2 Å². The fraction of sp³-hybridized carbons (Fsp3) is 0.273. The standard InChI is InChI=1S/C33H32N4O9/c1-44-33(43)36-22(18-30(41)46-37-28(39)15-16-29(37)40)6-4-5-17-34-32(42)35-21-11-9-20(10-12-21)31-24-7-2-3-8-26(24)45-27-19-23(38)13-14-25(27)31/h2-3,7-14,19,22H,4-6,15-18H2,1H3,(H,36,43)(H2,34,35,42). The lowest BCUT2D eigenvalue weighted by atomic mass is 9.94. The summed E-state index contributed by atoms with van der Waals surface area (Å²) in [4.78, 5) is 76.8. The van der Waals surface area contributed by atoms with Crippen molar-refractivity contribution in [3.63, 3.8) is 0 Å². The van der Waals surface area contributed by atoms with Gasteiger partial charge in [-0.3, -0.25) is 14.4 Å². The van der Waals surface area contributed by atoms with Crippen LogP contribution in [0.3, 0.4) is 0 Å². The van der Waals surface area contributed by atoms with Crippen LogP contribution in [0.5, 0.6) is 0 Å². The number of para-hydroxylation sites is 1. The Morgan fingerprint density at radius 2 is 1.67 bits per heavy atom. The molecule has 0 bridgehead atoms. The van der Waals surface area contributed by atoms with Crippen LogP contribution in [0.4, 0.5) is 15.3 Å². The van der Waals surface area contributed by atoms with Crippen LogP contribution < -0.4 is 21.4 Å². The number of benzene rings is 3. The number of anilines is 1. The van der Waals surface area contributed by atoms with Crippen LogP contribution in [-0.4, -0.2) is 54.7 Å². The molecule has 238 valence electrons. The van der Waals surface area contributed by atoms with Crippen molar-refractivity contribution in [2.24, 2.45) is 0 Å². The van der Waals surface area contributed by atoms with Gasteiger partial charge in [0, 0.05) is 53.7 Å². The number of fused-ring (bicyclic) bond motifs is 2. The highest BCUT2D eigenvalue weighted by Crippen LogP contribution is 2.39. The number of hydrogen-bond donors (Lipinski definition) is 3. The second-order valence-electron chi connectivity index (χ2n) is 10.7. The molecule has 13 heteroatoms. The second-order valence-corrected chi connectivity index (χ2v) is 10.7. The van der Waals surface area contributed by atoms with E-state index < -0.39 is 35.9 Å². The third-order valence-corrected chi connectivity index (χ3v) is 7.41. The van der Waals surface area contributed by atoms with Crippen LogP contribution in [-0.2, 0) is 24.0 Å². The van der Waals surface area contributed by atoms with Gasteiger partial charge >= 0.3 is 18.1 Å². The quantitative estimate of drug-likeness (QED) is 0.122. The largest absolute Gasteiger partial charge is 0.456 e. The smallest absolute Gasteiger partial charge is 0.407 e. The fourth-order valence-corrected chi connectivity index (χ4v) is 5.19. The zero-order chi connectivity index (χ0) is 32.6. The van der Waals surface area contributed by atoms with Gasteiger partial charge in [0.25, 0.3) is 11.8 Å². The summed E-state index contributed by atoms with van der Waals surface area (Å²) in [5.74, 6) is -1.53. The number of alkyl carbamates (subject to hydrolysis) is 1. The van der Waals surface area contributed by atoms with E-state index in [-0.39, 0.29) is 24.7 Å². The van der Waals surface area contributed by atoms with E-state index in [0.717, 1.165) is 22.1 Å². The first-order valence-corrected chi connectivity index (χ1v) is 14.7. The molecule has 3 N–H and O–H groups in total. The van der Waals surface area contributed by atoms with Gasteiger partial charge in [0.2, 0.25) is 0 Å². The third kappa shape index (κ3) is 7.67. The second kappa shape index (κ2) is 14.4. The summed E-state index contributed by atoms with van der Waals surface area (Å²) in [6.45, 7) is 0.323. The summed E-state index contributed by atoms with van der Waals surface area (Å²) < 4.78 is 10.6. The number of carbonyl (C=O) groups is 5. The van der Waals surface area contributed by atoms with Crippen molar-refractivity contribution in [1.29, 1.82) is 0 Å². The maximum absolute atomic E-state index is 12.5. The van der Waals surface area contributed by atoms with Gasteiger partial charge < -0.3 is 29.9 Å². The zero-order valence-electron chi connectivity index (χ0n) is 25.0. The van der Waals surface area contributed by atoms with Gasteiger partial charge in [-0.1, -0.05) is 30.3 Å². The van der Waals surface area contributed by atoms with Crippen LogP contribution in [0.2, 0.25) is 0 Å². The third-order valence-electron chi connectivity index (χ3n) is 7.41. The summed E-state index contributed by atoms with van der Waals surface area (Å²) in [5.41, 5.74) is 3.69. The molecule has 0 saturated carbocycles. The highest BCUT2D eigenvalue weighted by molar-refractivity contribution is 6.02. The lowest BCUT2D eigenvalue weighted by molar-refractivity contribution is -0.197. The molecular formula is C33H32N4O9. The first-order chi connectivity index (χ1) is 22.2. The van der Waals surface area contributed by atoms with E-state index in [1.807, 2.05) is 36.4 Å². The first-order valence-electron chi connectivity index (χ1n) is 14.7. The number of nitrogens with zero attached hydrogens (tertiary/aromatic N) is 1. The maximum atomic E-state index is 12.5. The van der Waals surface area contributed by atoms with Crippen molar-refractivity contribution in [2.45, 2.75) is 44.6 Å². The van der Waals surface area contributed by atoms with E-state index in [0.29, 0.717) is 47.9 Å². The molecule has 0 aromatic heterocycles. The molecule has 2 aromatic rings. The van der Waals surface area contributed by atoms with Crippen LogP contribution in [0.25, 0.3) is 33.4 Å². The molecule has 2 aliphatic heterocycles. The molecule has 13 nitrogen and oxygen atoms in total. The lowest BCUT2D eigenvalue weighted by Crippen LogP contribution is -2.39. The van der Waals surface area contributed by atoms with Gasteiger partial charge in [-0.2, -0.15) is 0 Å². The minimum Gasteiger partial charge on any atom is -0.456 e. The Balaban J connectivity index is 1.12. The van der Waals surface area contributed by atoms with Crippen molar-refractivity contribution in [3.05, 3.63) is 77.0 Å². The summed E-state index contributed by atoms with van der Waals surface area (Å²) in [6.07, 6.45) is 0.349. The van der Waals surface area contributed by atoms with E-state index in [9.17, 15) is 28.8 Å². The predicted octanol–water partition coefficient (Wildman–Crippen LogP) is 4.58. The first kappa shape index (κ1) is 31.7. The number of nitrogens with one attached hydrogen (secondary N) is 3. The molecule has 2 heterocycles. The molecule has 1 atom stereocenters. The van der Waals surface area contributed by atoms with Gasteiger partial charge in [-0.05, 0) is 55.2 Å². The molecule has 1 unspecified atom stereocenters. The van der Waals surface area contributed by atoms with Crippen molar-refractivity contribution < 1.29 is 38.0 Å². The topological polar surface area (TPSA) is 173 Å². The Labute approximate surface area is 263 Å². The number of urea groups is 1. The normalized spacial score (nSPS) is 13.5. The lowest BCUT2D eigenvalue weighted by Gasteiger charge is -2.19. The molecule has 2 aromatic carbocycles. The SMILES string of the molecule is COC(=O)NC(CCCCNC(=O)Nc1ccc(-c2c3ccc(=O)cc-3oc3ccccc23)cc1)CC(=O)ON1C(=O)CCC1=O. The number of unbranched alkanes of at least 4 members (excludes halogenated alkanes) is 1. The number of amides is 5. The summed E-state index contributed by atoms with van der Waals surface area (Å²) in [5, 5.41) is 9.48. The molecule has 1 fully saturated rings. The highest BCUT2D eigenvalue weighted by Gasteiger charge is 2.33. The minimum absolute atomic E-state index is 0.0216. The van der Waals surface area contributed by atoms with Gasteiger partial charge in [-0.15, -0.1) is 5.06 Å². The molecule has 3 aliphatic rings. The van der Waals surface area contributed by atoms with Crippen molar-refractivity contribution >= 4 is 46.6 Å². The Morgan fingerprint density at radius 1 is 0.935 bits per heavy atom. The van der Waals surface area contributed by atoms with Crippen molar-refractivity contribution in [2.75, 3.05) is 19.0 Å². The number of hydroxylamine groups is 2. The Hall–Kier alpha value is -5.72. The Morgan fingerprint density at radius 3 is 2.41 bits per heavy atom. The number of carbonyl (C=O) groups excluding carboxylic acids is 5. The average molecular weight is 629 g/mol. The van der Waals surface area contributed by atoms with Gasteiger partial charge in [0.1, 0.15) is 11.3 Å². The molecular weight excluding hydrogens is 596 g/mol. The number of rotatable bonds is 11. The van der Waals surface area contributed by atoms with E-state index >= 15 is 0 Å².